The molecule has 166 valence electrons. The molecule has 0 unspecified atom stereocenters. The first-order valence-electron chi connectivity index (χ1n) is 11.6. The Labute approximate surface area is 184 Å². The Morgan fingerprint density at radius 3 is 2.34 bits per heavy atom. The number of nitrogens with zero attached hydrogens (tertiary/aromatic N) is 2. The summed E-state index contributed by atoms with van der Waals surface area (Å²) in [6, 6.07) is 8.47. The molecule has 8 nitrogen and oxygen atoms in total. The molecule has 4 saturated carbocycles. The number of imidazole rings is 1. The molecular weight excluding hydrogens is 406 g/mol. The maximum absolute atomic E-state index is 12.5. The van der Waals surface area contributed by atoms with E-state index in [9.17, 15) is 14.4 Å². The third-order valence-corrected chi connectivity index (χ3v) is 7.91. The van der Waals surface area contributed by atoms with Gasteiger partial charge in [0.1, 0.15) is 5.65 Å². The highest BCUT2D eigenvalue weighted by Gasteiger charge is 2.51. The van der Waals surface area contributed by atoms with Gasteiger partial charge in [-0.15, -0.1) is 0 Å². The van der Waals surface area contributed by atoms with Crippen LogP contribution in [-0.4, -0.2) is 25.4 Å². The highest BCUT2D eigenvalue weighted by atomic mass is 16.2. The van der Waals surface area contributed by atoms with Gasteiger partial charge in [-0.25, -0.2) is 9.78 Å². The molecule has 7 rings (SSSR count). The maximum Gasteiger partial charge on any atom is 0.327 e. The van der Waals surface area contributed by atoms with Gasteiger partial charge >= 0.3 is 5.69 Å². The second-order valence-electron chi connectivity index (χ2n) is 10.1. The van der Waals surface area contributed by atoms with Crippen molar-refractivity contribution < 1.29 is 4.79 Å². The fourth-order valence-electron chi connectivity index (χ4n) is 6.97. The van der Waals surface area contributed by atoms with Crippen molar-refractivity contribution in [1.82, 2.24) is 19.5 Å². The van der Waals surface area contributed by atoms with Gasteiger partial charge in [-0.3, -0.25) is 19.6 Å². The molecule has 3 N–H and O–H groups in total. The number of anilines is 1. The van der Waals surface area contributed by atoms with E-state index in [1.165, 1.54) is 50.4 Å². The number of hydrogen-bond donors (Lipinski definition) is 3. The fraction of sp³-hybridized carbons (Fsp3) is 0.500. The molecule has 0 spiro atoms. The Balaban J connectivity index is 1.12. The van der Waals surface area contributed by atoms with E-state index >= 15 is 0 Å². The van der Waals surface area contributed by atoms with Gasteiger partial charge in [0, 0.05) is 18.7 Å². The number of benzene rings is 1. The van der Waals surface area contributed by atoms with E-state index in [0.29, 0.717) is 17.6 Å². The Morgan fingerprint density at radius 1 is 1.03 bits per heavy atom. The largest absolute Gasteiger partial charge is 0.327 e. The zero-order valence-electron chi connectivity index (χ0n) is 17.9. The first-order chi connectivity index (χ1) is 15.5. The van der Waals surface area contributed by atoms with Gasteiger partial charge in [-0.1, -0.05) is 12.1 Å². The molecule has 1 aromatic carbocycles. The van der Waals surface area contributed by atoms with Crippen LogP contribution in [0.5, 0.6) is 0 Å². The van der Waals surface area contributed by atoms with Crippen molar-refractivity contribution in [2.75, 3.05) is 5.32 Å². The molecule has 0 aliphatic heterocycles. The summed E-state index contributed by atoms with van der Waals surface area (Å²) in [5.74, 6) is 2.60. The van der Waals surface area contributed by atoms with Crippen LogP contribution in [0.15, 0.2) is 40.2 Å². The number of hydrogen-bond acceptors (Lipinski definition) is 4. The predicted octanol–water partition coefficient (Wildman–Crippen LogP) is 2.91. The summed E-state index contributed by atoms with van der Waals surface area (Å²) >= 11 is 0. The van der Waals surface area contributed by atoms with Gasteiger partial charge in [0.15, 0.2) is 5.52 Å². The van der Waals surface area contributed by atoms with Gasteiger partial charge < -0.3 is 9.88 Å². The summed E-state index contributed by atoms with van der Waals surface area (Å²) in [5.41, 5.74) is 1.95. The molecule has 0 atom stereocenters. The highest BCUT2D eigenvalue weighted by molar-refractivity contribution is 5.90. The smallest absolute Gasteiger partial charge is 0.326 e. The van der Waals surface area contributed by atoms with Crippen molar-refractivity contribution in [3.05, 3.63) is 57.0 Å². The SMILES string of the molecule is O=C(CCn1cnc2c(=O)[nH]c(=O)[nH]c21)Nc1ccc(C23CC4CC(CC(C4)C2)C3)cc1. The molecule has 0 radical (unpaired) electrons. The van der Waals surface area contributed by atoms with Crippen LogP contribution in [0.3, 0.4) is 0 Å². The maximum atomic E-state index is 12.5. The van der Waals surface area contributed by atoms with Crippen LogP contribution >= 0.6 is 0 Å². The Hall–Kier alpha value is -3.16. The number of amides is 1. The minimum Gasteiger partial charge on any atom is -0.326 e. The van der Waals surface area contributed by atoms with Crippen molar-refractivity contribution in [3.8, 4) is 0 Å². The minimum absolute atomic E-state index is 0.124. The number of aromatic amines is 2. The van der Waals surface area contributed by atoms with Crippen molar-refractivity contribution in [2.45, 2.75) is 56.9 Å². The molecule has 2 aromatic heterocycles. The zero-order chi connectivity index (χ0) is 21.9. The molecule has 0 saturated heterocycles. The third-order valence-electron chi connectivity index (χ3n) is 7.91. The third kappa shape index (κ3) is 3.29. The average molecular weight is 434 g/mol. The van der Waals surface area contributed by atoms with Crippen LogP contribution in [-0.2, 0) is 16.8 Å². The van der Waals surface area contributed by atoms with E-state index in [-0.39, 0.29) is 17.8 Å². The lowest BCUT2D eigenvalue weighted by atomic mass is 9.48. The number of carbonyl (C=O) groups is 1. The molecular formula is C24H27N5O3. The van der Waals surface area contributed by atoms with Crippen LogP contribution in [0.25, 0.3) is 11.2 Å². The topological polar surface area (TPSA) is 113 Å². The Kier molecular flexibility index (Phi) is 4.38. The summed E-state index contributed by atoms with van der Waals surface area (Å²) in [7, 11) is 0. The first kappa shape index (κ1) is 19.5. The summed E-state index contributed by atoms with van der Waals surface area (Å²) in [6.45, 7) is 0.313. The highest BCUT2D eigenvalue weighted by Crippen LogP contribution is 2.60. The van der Waals surface area contributed by atoms with E-state index in [0.717, 1.165) is 23.4 Å². The van der Waals surface area contributed by atoms with Crippen LogP contribution in [0, 0.1) is 17.8 Å². The summed E-state index contributed by atoms with van der Waals surface area (Å²) in [4.78, 5) is 44.6. The van der Waals surface area contributed by atoms with Crippen LogP contribution in [0.2, 0.25) is 0 Å². The van der Waals surface area contributed by atoms with Gasteiger partial charge in [-0.05, 0) is 79.4 Å². The molecule has 4 aliphatic rings. The lowest BCUT2D eigenvalue weighted by Gasteiger charge is -2.57. The summed E-state index contributed by atoms with van der Waals surface area (Å²) in [5, 5.41) is 2.96. The quantitative estimate of drug-likeness (QED) is 0.574. The number of fused-ring (bicyclic) bond motifs is 1. The van der Waals surface area contributed by atoms with E-state index in [1.54, 1.807) is 4.57 Å². The van der Waals surface area contributed by atoms with Crippen LogP contribution in [0.4, 0.5) is 5.69 Å². The Bertz CT molecular complexity index is 1260. The van der Waals surface area contributed by atoms with Crippen LogP contribution < -0.4 is 16.6 Å². The standard InChI is InChI=1S/C24H27N5O3/c30-19(5-6-29-13-25-20-21(29)27-23(32)28-22(20)31)26-18-3-1-17(2-4-18)24-10-14-7-15(11-24)9-16(8-14)12-24/h1-4,13-16H,5-12H2,(H,26,30)(H2,27,28,31,32). The van der Waals surface area contributed by atoms with Gasteiger partial charge in [0.05, 0.1) is 6.33 Å². The lowest BCUT2D eigenvalue weighted by molar-refractivity contribution is -0.116. The molecule has 4 fully saturated rings. The van der Waals surface area contributed by atoms with Crippen LogP contribution in [0.1, 0.15) is 50.5 Å². The van der Waals surface area contributed by atoms with Crippen molar-refractivity contribution >= 4 is 22.8 Å². The zero-order valence-corrected chi connectivity index (χ0v) is 17.9. The van der Waals surface area contributed by atoms with Gasteiger partial charge in [-0.2, -0.15) is 0 Å². The first-order valence-corrected chi connectivity index (χ1v) is 11.6. The summed E-state index contributed by atoms with van der Waals surface area (Å²) in [6.07, 6.45) is 9.95. The van der Waals surface area contributed by atoms with E-state index in [1.807, 2.05) is 12.1 Å². The Morgan fingerprint density at radius 2 is 1.69 bits per heavy atom. The predicted molar refractivity (Wildman–Crippen MR) is 121 cm³/mol. The van der Waals surface area contributed by atoms with E-state index in [4.69, 9.17) is 0 Å². The summed E-state index contributed by atoms with van der Waals surface area (Å²) < 4.78 is 1.61. The van der Waals surface area contributed by atoms with Gasteiger partial charge in [0.25, 0.3) is 5.56 Å². The monoisotopic (exact) mass is 433 g/mol. The number of nitrogens with one attached hydrogen (secondary N) is 3. The molecule has 4 aliphatic carbocycles. The van der Waals surface area contributed by atoms with Crippen molar-refractivity contribution in [2.24, 2.45) is 17.8 Å². The molecule has 2 heterocycles. The molecule has 1 amide bonds. The lowest BCUT2D eigenvalue weighted by Crippen LogP contribution is -2.48. The number of rotatable bonds is 5. The van der Waals surface area contributed by atoms with Crippen molar-refractivity contribution in [1.29, 1.82) is 0 Å². The second-order valence-corrected chi connectivity index (χ2v) is 10.1. The number of carbonyl (C=O) groups excluding carboxylic acids is 1. The minimum atomic E-state index is -0.590. The normalized spacial score (nSPS) is 28.3. The van der Waals surface area contributed by atoms with E-state index < -0.39 is 11.2 Å². The van der Waals surface area contributed by atoms with Crippen molar-refractivity contribution in [3.63, 3.8) is 0 Å². The van der Waals surface area contributed by atoms with Gasteiger partial charge in [0.2, 0.25) is 5.91 Å². The molecule has 3 aromatic rings. The molecule has 32 heavy (non-hydrogen) atoms. The number of aryl methyl sites for hydroxylation is 1. The molecule has 4 bridgehead atoms. The van der Waals surface area contributed by atoms with E-state index in [2.05, 4.69) is 32.4 Å². The molecule has 8 heteroatoms. The fourth-order valence-corrected chi connectivity index (χ4v) is 6.97. The number of H-pyrrole nitrogens is 2. The second kappa shape index (κ2) is 7.18. The average Bonchev–Trinajstić information content (AvgIpc) is 3.15. The number of aromatic nitrogens is 4.